The molecule has 1 rings (SSSR count). The number of rotatable bonds is 1. The lowest BCUT2D eigenvalue weighted by molar-refractivity contribution is 0.0521. The summed E-state index contributed by atoms with van der Waals surface area (Å²) in [5.41, 5.74) is 0.198. The van der Waals surface area contributed by atoms with Crippen molar-refractivity contribution in [3.63, 3.8) is 0 Å². The second kappa shape index (κ2) is 3.35. The normalized spacial score (nSPS) is 32.8. The summed E-state index contributed by atoms with van der Waals surface area (Å²) in [6.07, 6.45) is 2.37. The number of hydrogen-bond donors (Lipinski definition) is 1. The first-order valence-corrected chi connectivity index (χ1v) is 4.86. The van der Waals surface area contributed by atoms with Crippen LogP contribution in [0.5, 0.6) is 0 Å². The lowest BCUT2D eigenvalue weighted by atomic mass is 10.0. The third kappa shape index (κ3) is 1.80. The van der Waals surface area contributed by atoms with Gasteiger partial charge in [-0.05, 0) is 40.5 Å². The van der Waals surface area contributed by atoms with Gasteiger partial charge in [-0.15, -0.1) is 0 Å². The van der Waals surface area contributed by atoms with E-state index in [1.165, 1.54) is 6.42 Å². The maximum atomic E-state index is 9.18. The highest BCUT2D eigenvalue weighted by Crippen LogP contribution is 2.30. The number of aliphatic hydroxyl groups is 1. The molecule has 1 unspecified atom stereocenters. The van der Waals surface area contributed by atoms with Gasteiger partial charge in [-0.2, -0.15) is 0 Å². The van der Waals surface area contributed by atoms with Crippen molar-refractivity contribution in [2.24, 2.45) is 0 Å². The number of nitrogens with zero attached hydrogens (tertiary/aromatic N) is 1. The predicted octanol–water partition coefficient (Wildman–Crippen LogP) is 1.63. The quantitative estimate of drug-likeness (QED) is 0.648. The van der Waals surface area contributed by atoms with Crippen LogP contribution in [0, 0.1) is 0 Å². The zero-order chi connectivity index (χ0) is 9.35. The van der Waals surface area contributed by atoms with Crippen molar-refractivity contribution in [3.05, 3.63) is 0 Å². The van der Waals surface area contributed by atoms with Crippen LogP contribution in [0.3, 0.4) is 0 Å². The van der Waals surface area contributed by atoms with Gasteiger partial charge in [0.2, 0.25) is 0 Å². The summed E-state index contributed by atoms with van der Waals surface area (Å²) >= 11 is 0. The molecule has 1 aliphatic rings. The molecule has 0 saturated carbocycles. The Morgan fingerprint density at radius 1 is 1.33 bits per heavy atom. The number of hydrogen-bond acceptors (Lipinski definition) is 2. The summed E-state index contributed by atoms with van der Waals surface area (Å²) in [6, 6.07) is 1.02. The van der Waals surface area contributed by atoms with Crippen molar-refractivity contribution >= 4 is 0 Å². The average Bonchev–Trinajstić information content (AvgIpc) is 2.29. The first-order valence-electron chi connectivity index (χ1n) is 4.86. The molecular formula is C10H21NO. The minimum atomic E-state index is 0.198. The Bertz CT molecular complexity index is 150. The molecule has 12 heavy (non-hydrogen) atoms. The van der Waals surface area contributed by atoms with Crippen LogP contribution in [-0.2, 0) is 0 Å². The summed E-state index contributed by atoms with van der Waals surface area (Å²) < 4.78 is 0. The van der Waals surface area contributed by atoms with Gasteiger partial charge in [-0.25, -0.2) is 0 Å². The van der Waals surface area contributed by atoms with Crippen molar-refractivity contribution in [1.29, 1.82) is 0 Å². The van der Waals surface area contributed by atoms with E-state index in [-0.39, 0.29) is 5.54 Å². The van der Waals surface area contributed by atoms with E-state index in [1.54, 1.807) is 0 Å². The second-order valence-electron chi connectivity index (χ2n) is 4.84. The van der Waals surface area contributed by atoms with Crippen LogP contribution in [-0.4, -0.2) is 34.2 Å². The highest BCUT2D eigenvalue weighted by Gasteiger charge is 2.36. The molecule has 2 atom stereocenters. The van der Waals surface area contributed by atoms with Crippen LogP contribution in [0.25, 0.3) is 0 Å². The Kier molecular flexibility index (Phi) is 2.79. The van der Waals surface area contributed by atoms with Gasteiger partial charge in [0.15, 0.2) is 0 Å². The maximum Gasteiger partial charge on any atom is 0.0587 e. The van der Waals surface area contributed by atoms with Gasteiger partial charge in [-0.1, -0.05) is 0 Å². The largest absolute Gasteiger partial charge is 0.395 e. The van der Waals surface area contributed by atoms with Gasteiger partial charge < -0.3 is 5.11 Å². The highest BCUT2D eigenvalue weighted by molar-refractivity contribution is 4.92. The minimum Gasteiger partial charge on any atom is -0.395 e. The molecule has 2 nitrogen and oxygen atoms in total. The topological polar surface area (TPSA) is 23.5 Å². The van der Waals surface area contributed by atoms with Crippen LogP contribution < -0.4 is 0 Å². The van der Waals surface area contributed by atoms with E-state index in [0.29, 0.717) is 18.7 Å². The molecule has 1 fully saturated rings. The molecule has 0 amide bonds. The first kappa shape index (κ1) is 10.0. The van der Waals surface area contributed by atoms with Crippen molar-refractivity contribution in [2.45, 2.75) is 58.2 Å². The predicted molar refractivity (Wildman–Crippen MR) is 51.2 cm³/mol. The van der Waals surface area contributed by atoms with Crippen LogP contribution >= 0.6 is 0 Å². The molecule has 1 N–H and O–H groups in total. The average molecular weight is 171 g/mol. The Balaban J connectivity index is 2.70. The zero-order valence-corrected chi connectivity index (χ0v) is 8.67. The number of likely N-dealkylation sites (tertiary alicyclic amines) is 1. The molecule has 0 radical (unpaired) electrons. The minimum absolute atomic E-state index is 0.198. The molecular weight excluding hydrogens is 150 g/mol. The summed E-state index contributed by atoms with van der Waals surface area (Å²) in [5.74, 6) is 0. The summed E-state index contributed by atoms with van der Waals surface area (Å²) in [7, 11) is 0. The second-order valence-corrected chi connectivity index (χ2v) is 4.84. The maximum absolute atomic E-state index is 9.18. The zero-order valence-electron chi connectivity index (χ0n) is 8.67. The Hall–Kier alpha value is -0.0800. The van der Waals surface area contributed by atoms with Crippen LogP contribution in [0.4, 0.5) is 0 Å². The summed E-state index contributed by atoms with van der Waals surface area (Å²) in [4.78, 5) is 2.44. The Morgan fingerprint density at radius 3 is 2.25 bits per heavy atom. The highest BCUT2D eigenvalue weighted by atomic mass is 16.3. The number of aliphatic hydroxyl groups excluding tert-OH is 1. The smallest absolute Gasteiger partial charge is 0.0587 e. The fourth-order valence-corrected chi connectivity index (χ4v) is 2.46. The van der Waals surface area contributed by atoms with Crippen LogP contribution in [0.1, 0.15) is 40.5 Å². The molecule has 0 aliphatic carbocycles. The molecule has 0 aromatic rings. The van der Waals surface area contributed by atoms with Crippen LogP contribution in [0.15, 0.2) is 0 Å². The van der Waals surface area contributed by atoms with Crippen molar-refractivity contribution < 1.29 is 5.11 Å². The van der Waals surface area contributed by atoms with E-state index in [9.17, 15) is 5.11 Å². The molecule has 1 aliphatic heterocycles. The standard InChI is InChI=1S/C10H21NO/c1-8-5-6-9(7-12)11(8)10(2,3)4/h8-9,12H,5-7H2,1-4H3/t8-,9?/m1/s1. The lowest BCUT2D eigenvalue weighted by Crippen LogP contribution is -2.49. The fraction of sp³-hybridized carbons (Fsp3) is 1.00. The summed E-state index contributed by atoms with van der Waals surface area (Å²) in [5, 5.41) is 9.18. The molecule has 0 spiro atoms. The van der Waals surface area contributed by atoms with Crippen LogP contribution in [0.2, 0.25) is 0 Å². The Morgan fingerprint density at radius 2 is 1.92 bits per heavy atom. The van der Waals surface area contributed by atoms with Gasteiger partial charge in [0, 0.05) is 17.6 Å². The summed E-state index contributed by atoms with van der Waals surface area (Å²) in [6.45, 7) is 9.22. The molecule has 1 saturated heterocycles. The van der Waals surface area contributed by atoms with E-state index < -0.39 is 0 Å². The monoisotopic (exact) mass is 171 g/mol. The van der Waals surface area contributed by atoms with E-state index in [2.05, 4.69) is 32.6 Å². The molecule has 2 heteroatoms. The third-order valence-corrected chi connectivity index (χ3v) is 2.77. The van der Waals surface area contributed by atoms with Crippen molar-refractivity contribution in [3.8, 4) is 0 Å². The van der Waals surface area contributed by atoms with E-state index >= 15 is 0 Å². The van der Waals surface area contributed by atoms with Crippen molar-refractivity contribution in [2.75, 3.05) is 6.61 Å². The van der Waals surface area contributed by atoms with Gasteiger partial charge in [0.1, 0.15) is 0 Å². The van der Waals surface area contributed by atoms with Gasteiger partial charge in [0.05, 0.1) is 6.61 Å². The molecule has 1 heterocycles. The van der Waals surface area contributed by atoms with Gasteiger partial charge in [0.25, 0.3) is 0 Å². The van der Waals surface area contributed by atoms with E-state index in [1.807, 2.05) is 0 Å². The third-order valence-electron chi connectivity index (χ3n) is 2.77. The molecule has 0 aromatic heterocycles. The fourth-order valence-electron chi connectivity index (χ4n) is 2.46. The first-order chi connectivity index (χ1) is 5.46. The molecule has 72 valence electrons. The molecule has 0 aromatic carbocycles. The SMILES string of the molecule is C[C@@H]1CCC(CO)N1C(C)(C)C. The van der Waals surface area contributed by atoms with E-state index in [4.69, 9.17) is 0 Å². The van der Waals surface area contributed by atoms with Gasteiger partial charge in [-0.3, -0.25) is 4.90 Å². The van der Waals surface area contributed by atoms with Crippen molar-refractivity contribution in [1.82, 2.24) is 4.90 Å². The Labute approximate surface area is 75.6 Å². The van der Waals surface area contributed by atoms with Gasteiger partial charge >= 0.3 is 0 Å². The van der Waals surface area contributed by atoms with E-state index in [0.717, 1.165) is 6.42 Å². The lowest BCUT2D eigenvalue weighted by Gasteiger charge is -2.39. The molecule has 0 bridgehead atoms.